The van der Waals surface area contributed by atoms with Crippen LogP contribution in [0.15, 0.2) is 36.4 Å². The van der Waals surface area contributed by atoms with Gasteiger partial charge in [-0.25, -0.2) is 9.07 Å². The van der Waals surface area contributed by atoms with Crippen LogP contribution >= 0.6 is 11.6 Å². The lowest BCUT2D eigenvalue weighted by Crippen LogP contribution is -2.15. The summed E-state index contributed by atoms with van der Waals surface area (Å²) in [5.74, 6) is -0.125. The number of aromatic nitrogens is 3. The van der Waals surface area contributed by atoms with Crippen molar-refractivity contribution in [3.8, 4) is 17.2 Å². The Labute approximate surface area is 159 Å². The van der Waals surface area contributed by atoms with Crippen molar-refractivity contribution in [1.82, 2.24) is 15.0 Å². The van der Waals surface area contributed by atoms with Gasteiger partial charge in [0.1, 0.15) is 17.3 Å². The number of rotatable bonds is 5. The molecule has 0 spiro atoms. The Kier molecular flexibility index (Phi) is 5.27. The number of ether oxygens (including phenoxy) is 2. The molecule has 9 heteroatoms. The Morgan fingerprint density at radius 1 is 1.19 bits per heavy atom. The fourth-order valence-corrected chi connectivity index (χ4v) is 2.77. The first-order chi connectivity index (χ1) is 12.9. The average molecular weight is 391 g/mol. The predicted octanol–water partition coefficient (Wildman–Crippen LogP) is 3.64. The second kappa shape index (κ2) is 7.63. The third-order valence-electron chi connectivity index (χ3n) is 3.88. The van der Waals surface area contributed by atoms with E-state index in [0.29, 0.717) is 33.6 Å². The first-order valence-corrected chi connectivity index (χ1v) is 8.23. The van der Waals surface area contributed by atoms with Gasteiger partial charge in [-0.3, -0.25) is 4.79 Å². The van der Waals surface area contributed by atoms with E-state index in [2.05, 4.69) is 15.6 Å². The summed E-state index contributed by atoms with van der Waals surface area (Å²) in [7, 11) is 2.94. The van der Waals surface area contributed by atoms with Gasteiger partial charge in [-0.1, -0.05) is 22.9 Å². The number of benzene rings is 2. The van der Waals surface area contributed by atoms with E-state index in [0.717, 1.165) is 0 Å². The Bertz CT molecular complexity index is 1010. The molecule has 7 nitrogen and oxygen atoms in total. The molecule has 1 aromatic heterocycles. The van der Waals surface area contributed by atoms with Gasteiger partial charge in [0.25, 0.3) is 5.91 Å². The molecule has 27 heavy (non-hydrogen) atoms. The molecule has 1 heterocycles. The van der Waals surface area contributed by atoms with E-state index in [1.165, 1.54) is 37.1 Å². The number of nitrogens with zero attached hydrogens (tertiary/aromatic N) is 3. The fourth-order valence-electron chi connectivity index (χ4n) is 2.53. The average Bonchev–Trinajstić information content (AvgIpc) is 3.03. The largest absolute Gasteiger partial charge is 0.495 e. The van der Waals surface area contributed by atoms with E-state index in [9.17, 15) is 9.18 Å². The molecule has 0 unspecified atom stereocenters. The van der Waals surface area contributed by atoms with Gasteiger partial charge < -0.3 is 14.8 Å². The first-order valence-electron chi connectivity index (χ1n) is 7.85. The number of anilines is 1. The maximum Gasteiger partial charge on any atom is 0.278 e. The van der Waals surface area contributed by atoms with Crippen LogP contribution in [-0.2, 0) is 0 Å². The summed E-state index contributed by atoms with van der Waals surface area (Å²) < 4.78 is 25.2. The van der Waals surface area contributed by atoms with Crippen molar-refractivity contribution in [3.63, 3.8) is 0 Å². The monoisotopic (exact) mass is 390 g/mol. The van der Waals surface area contributed by atoms with Crippen molar-refractivity contribution in [2.45, 2.75) is 6.92 Å². The van der Waals surface area contributed by atoms with Crippen LogP contribution in [0.25, 0.3) is 5.69 Å². The first kappa shape index (κ1) is 18.7. The molecule has 1 N–H and O–H groups in total. The van der Waals surface area contributed by atoms with E-state index < -0.39 is 11.7 Å². The van der Waals surface area contributed by atoms with E-state index in [1.54, 1.807) is 25.1 Å². The summed E-state index contributed by atoms with van der Waals surface area (Å²) in [6.07, 6.45) is 0. The van der Waals surface area contributed by atoms with Crippen LogP contribution in [0.4, 0.5) is 10.1 Å². The molecule has 0 bridgehead atoms. The molecule has 3 aromatic rings. The second-order valence-electron chi connectivity index (χ2n) is 5.56. The standard InChI is InChI=1S/C18H16ClFN4O3/c1-10-17(22-23-24(10)12-6-4-5-11(20)7-12)18(25)21-14-8-13(19)15(26-2)9-16(14)27-3/h4-9H,1-3H3,(H,21,25). The molecule has 3 rings (SSSR count). The lowest BCUT2D eigenvalue weighted by molar-refractivity contribution is 0.102. The highest BCUT2D eigenvalue weighted by Crippen LogP contribution is 2.36. The summed E-state index contributed by atoms with van der Waals surface area (Å²) in [5.41, 5.74) is 1.36. The van der Waals surface area contributed by atoms with Crippen LogP contribution in [0.3, 0.4) is 0 Å². The molecule has 0 fully saturated rings. The Morgan fingerprint density at radius 2 is 1.93 bits per heavy atom. The summed E-state index contributed by atoms with van der Waals surface area (Å²) in [4.78, 5) is 12.6. The van der Waals surface area contributed by atoms with Crippen LogP contribution in [0, 0.1) is 12.7 Å². The van der Waals surface area contributed by atoms with Crippen LogP contribution in [-0.4, -0.2) is 35.1 Å². The van der Waals surface area contributed by atoms with Gasteiger partial charge in [-0.05, 0) is 31.2 Å². The number of methoxy groups -OCH3 is 2. The summed E-state index contributed by atoms with van der Waals surface area (Å²) in [6, 6.07) is 8.92. The normalized spacial score (nSPS) is 10.6. The van der Waals surface area contributed by atoms with Crippen LogP contribution in [0.5, 0.6) is 11.5 Å². The van der Waals surface area contributed by atoms with Crippen LogP contribution in [0.1, 0.15) is 16.2 Å². The molecule has 0 saturated heterocycles. The summed E-state index contributed by atoms with van der Waals surface area (Å²) >= 11 is 6.12. The third-order valence-corrected chi connectivity index (χ3v) is 4.18. The lowest BCUT2D eigenvalue weighted by atomic mass is 10.2. The van der Waals surface area contributed by atoms with E-state index >= 15 is 0 Å². The highest BCUT2D eigenvalue weighted by molar-refractivity contribution is 6.32. The predicted molar refractivity (Wildman–Crippen MR) is 98.6 cm³/mol. The molecule has 0 aliphatic rings. The molecule has 1 amide bonds. The van der Waals surface area contributed by atoms with Gasteiger partial charge >= 0.3 is 0 Å². The van der Waals surface area contributed by atoms with Gasteiger partial charge in [0, 0.05) is 6.07 Å². The van der Waals surface area contributed by atoms with Crippen LogP contribution in [0.2, 0.25) is 5.02 Å². The Morgan fingerprint density at radius 3 is 2.59 bits per heavy atom. The van der Waals surface area contributed by atoms with Crippen molar-refractivity contribution >= 4 is 23.2 Å². The Balaban J connectivity index is 1.91. The zero-order chi connectivity index (χ0) is 19.6. The SMILES string of the molecule is COc1cc(OC)c(NC(=O)c2nnn(-c3cccc(F)c3)c2C)cc1Cl. The third kappa shape index (κ3) is 3.70. The molecule has 0 saturated carbocycles. The Hall–Kier alpha value is -3.13. The van der Waals surface area contributed by atoms with Gasteiger partial charge in [-0.2, -0.15) is 0 Å². The number of carbonyl (C=O) groups excluding carboxylic acids is 1. The van der Waals surface area contributed by atoms with Gasteiger partial charge in [0.2, 0.25) is 0 Å². The zero-order valence-electron chi connectivity index (χ0n) is 14.8. The lowest BCUT2D eigenvalue weighted by Gasteiger charge is -2.12. The number of hydrogen-bond acceptors (Lipinski definition) is 5. The van der Waals surface area contributed by atoms with Crippen molar-refractivity contribution in [1.29, 1.82) is 0 Å². The highest BCUT2D eigenvalue weighted by atomic mass is 35.5. The van der Waals surface area contributed by atoms with E-state index in [1.807, 2.05) is 0 Å². The molecular weight excluding hydrogens is 375 g/mol. The van der Waals surface area contributed by atoms with Crippen molar-refractivity contribution in [3.05, 3.63) is 58.6 Å². The maximum atomic E-state index is 13.4. The summed E-state index contributed by atoms with van der Waals surface area (Å²) in [5, 5.41) is 10.9. The van der Waals surface area contributed by atoms with Gasteiger partial charge in [-0.15, -0.1) is 5.10 Å². The molecule has 2 aromatic carbocycles. The number of hydrogen-bond donors (Lipinski definition) is 1. The topological polar surface area (TPSA) is 78.3 Å². The van der Waals surface area contributed by atoms with Crippen molar-refractivity contribution < 1.29 is 18.7 Å². The van der Waals surface area contributed by atoms with Gasteiger partial charge in [0.15, 0.2) is 5.69 Å². The number of carbonyl (C=O) groups is 1. The van der Waals surface area contributed by atoms with E-state index in [4.69, 9.17) is 21.1 Å². The molecular formula is C18H16ClFN4O3. The highest BCUT2D eigenvalue weighted by Gasteiger charge is 2.20. The van der Waals surface area contributed by atoms with E-state index in [-0.39, 0.29) is 5.69 Å². The van der Waals surface area contributed by atoms with Crippen molar-refractivity contribution in [2.24, 2.45) is 0 Å². The van der Waals surface area contributed by atoms with Crippen molar-refractivity contribution in [2.75, 3.05) is 19.5 Å². The molecule has 140 valence electrons. The molecule has 0 aliphatic heterocycles. The van der Waals surface area contributed by atoms with Crippen LogP contribution < -0.4 is 14.8 Å². The number of amides is 1. The maximum absolute atomic E-state index is 13.4. The molecule has 0 radical (unpaired) electrons. The minimum Gasteiger partial charge on any atom is -0.495 e. The zero-order valence-corrected chi connectivity index (χ0v) is 15.5. The number of halogens is 2. The smallest absolute Gasteiger partial charge is 0.278 e. The number of nitrogens with one attached hydrogen (secondary N) is 1. The second-order valence-corrected chi connectivity index (χ2v) is 5.96. The van der Waals surface area contributed by atoms with Gasteiger partial charge in [0.05, 0.1) is 36.3 Å². The molecule has 0 aliphatic carbocycles. The fraction of sp³-hybridized carbons (Fsp3) is 0.167. The quantitative estimate of drug-likeness (QED) is 0.719. The molecule has 0 atom stereocenters. The minimum atomic E-state index is -0.505. The summed E-state index contributed by atoms with van der Waals surface area (Å²) in [6.45, 7) is 1.66. The minimum absolute atomic E-state index is 0.0910.